The molecule has 1 heterocycles. The highest BCUT2D eigenvalue weighted by molar-refractivity contribution is 9.10. The van der Waals surface area contributed by atoms with Crippen LogP contribution < -0.4 is 5.73 Å². The van der Waals surface area contributed by atoms with Crippen molar-refractivity contribution in [2.75, 3.05) is 0 Å². The molecule has 0 fully saturated rings. The van der Waals surface area contributed by atoms with Crippen LogP contribution in [0.2, 0.25) is 5.02 Å². The van der Waals surface area contributed by atoms with Gasteiger partial charge in [0.15, 0.2) is 5.82 Å². The Morgan fingerprint density at radius 3 is 3.00 bits per heavy atom. The molecular formula is C11H11BrClN3O. The summed E-state index contributed by atoms with van der Waals surface area (Å²) in [5.41, 5.74) is 6.59. The monoisotopic (exact) mass is 315 g/mol. The molecule has 4 nitrogen and oxygen atoms in total. The molecule has 0 bridgehead atoms. The summed E-state index contributed by atoms with van der Waals surface area (Å²) in [5, 5.41) is 4.47. The van der Waals surface area contributed by atoms with Crippen molar-refractivity contribution in [2.24, 2.45) is 5.73 Å². The van der Waals surface area contributed by atoms with E-state index in [9.17, 15) is 0 Å². The Hall–Kier alpha value is -0.910. The van der Waals surface area contributed by atoms with Gasteiger partial charge in [-0.25, -0.2) is 0 Å². The molecule has 6 heteroatoms. The van der Waals surface area contributed by atoms with Crippen molar-refractivity contribution in [2.45, 2.75) is 19.4 Å². The molecule has 0 radical (unpaired) electrons. The second-order valence-corrected chi connectivity index (χ2v) is 4.89. The van der Waals surface area contributed by atoms with Crippen LogP contribution in [0.15, 0.2) is 27.2 Å². The van der Waals surface area contributed by atoms with Crippen LogP contribution in [-0.2, 0) is 0 Å². The largest absolute Gasteiger partial charge is 0.334 e. The highest BCUT2D eigenvalue weighted by Crippen LogP contribution is 2.30. The number of aromatic nitrogens is 2. The van der Waals surface area contributed by atoms with Crippen LogP contribution in [0.3, 0.4) is 0 Å². The van der Waals surface area contributed by atoms with E-state index in [2.05, 4.69) is 26.1 Å². The molecule has 0 aliphatic carbocycles. The zero-order chi connectivity index (χ0) is 12.4. The quantitative estimate of drug-likeness (QED) is 0.940. The lowest BCUT2D eigenvalue weighted by Crippen LogP contribution is -2.10. The first kappa shape index (κ1) is 12.5. The van der Waals surface area contributed by atoms with Gasteiger partial charge in [-0.1, -0.05) is 23.7 Å². The molecule has 17 heavy (non-hydrogen) atoms. The number of nitrogens with zero attached hydrogens (tertiary/aromatic N) is 2. The van der Waals surface area contributed by atoms with Gasteiger partial charge in [0.1, 0.15) is 0 Å². The van der Waals surface area contributed by atoms with E-state index in [0.29, 0.717) is 16.7 Å². The summed E-state index contributed by atoms with van der Waals surface area (Å²) < 4.78 is 6.03. The predicted molar refractivity (Wildman–Crippen MR) is 69.7 cm³/mol. The van der Waals surface area contributed by atoms with Crippen LogP contribution in [0.4, 0.5) is 0 Å². The van der Waals surface area contributed by atoms with Crippen LogP contribution >= 0.6 is 27.5 Å². The Kier molecular flexibility index (Phi) is 3.81. The number of benzene rings is 1. The molecule has 1 aromatic carbocycles. The maximum absolute atomic E-state index is 5.93. The molecule has 1 atom stereocenters. The minimum Gasteiger partial charge on any atom is -0.334 e. The van der Waals surface area contributed by atoms with E-state index in [1.807, 2.05) is 13.0 Å². The van der Waals surface area contributed by atoms with Gasteiger partial charge in [0.05, 0.1) is 11.6 Å². The van der Waals surface area contributed by atoms with Crippen LogP contribution in [-0.4, -0.2) is 10.1 Å². The minimum atomic E-state index is -0.203. The predicted octanol–water partition coefficient (Wildman–Crippen LogP) is 3.56. The van der Waals surface area contributed by atoms with E-state index in [4.69, 9.17) is 21.9 Å². The van der Waals surface area contributed by atoms with E-state index in [0.717, 1.165) is 16.5 Å². The summed E-state index contributed by atoms with van der Waals surface area (Å²) in [4.78, 5) is 4.26. The Labute approximate surface area is 112 Å². The first-order valence-electron chi connectivity index (χ1n) is 5.16. The zero-order valence-electron chi connectivity index (χ0n) is 9.15. The SMILES string of the molecule is CCC(N)c1noc(-c2cc(Cl)ccc2Br)n1. The zero-order valence-corrected chi connectivity index (χ0v) is 11.5. The second kappa shape index (κ2) is 5.16. The molecule has 0 aliphatic rings. The summed E-state index contributed by atoms with van der Waals surface area (Å²) in [6.07, 6.45) is 0.760. The average Bonchev–Trinajstić information content (AvgIpc) is 2.80. The van der Waals surface area contributed by atoms with Crippen molar-refractivity contribution in [1.29, 1.82) is 0 Å². The van der Waals surface area contributed by atoms with E-state index < -0.39 is 0 Å². The molecule has 0 spiro atoms. The van der Waals surface area contributed by atoms with Crippen LogP contribution in [0, 0.1) is 0 Å². The van der Waals surface area contributed by atoms with Crippen molar-refractivity contribution in [3.05, 3.63) is 33.5 Å². The molecular weight excluding hydrogens is 305 g/mol. The van der Waals surface area contributed by atoms with Gasteiger partial charge in [-0.3, -0.25) is 0 Å². The van der Waals surface area contributed by atoms with Crippen molar-refractivity contribution >= 4 is 27.5 Å². The lowest BCUT2D eigenvalue weighted by molar-refractivity contribution is 0.415. The Morgan fingerprint density at radius 1 is 1.53 bits per heavy atom. The van der Waals surface area contributed by atoms with Gasteiger partial charge >= 0.3 is 0 Å². The Balaban J connectivity index is 2.40. The van der Waals surface area contributed by atoms with Gasteiger partial charge in [-0.05, 0) is 40.5 Å². The third-order valence-electron chi connectivity index (χ3n) is 2.37. The normalized spacial score (nSPS) is 12.7. The highest BCUT2D eigenvalue weighted by Gasteiger charge is 2.15. The molecule has 0 saturated heterocycles. The van der Waals surface area contributed by atoms with Crippen molar-refractivity contribution in [3.63, 3.8) is 0 Å². The maximum atomic E-state index is 5.93. The first-order chi connectivity index (χ1) is 8.11. The molecule has 0 aliphatic heterocycles. The number of nitrogens with two attached hydrogens (primary N) is 1. The third kappa shape index (κ3) is 2.68. The molecule has 90 valence electrons. The summed E-state index contributed by atoms with van der Waals surface area (Å²) in [6, 6.07) is 5.18. The Morgan fingerprint density at radius 2 is 2.29 bits per heavy atom. The van der Waals surface area contributed by atoms with Crippen LogP contribution in [0.25, 0.3) is 11.5 Å². The lowest BCUT2D eigenvalue weighted by Gasteiger charge is -2.00. The molecule has 2 aromatic rings. The van der Waals surface area contributed by atoms with Crippen LogP contribution in [0.1, 0.15) is 25.2 Å². The molecule has 1 unspecified atom stereocenters. The van der Waals surface area contributed by atoms with Crippen LogP contribution in [0.5, 0.6) is 0 Å². The van der Waals surface area contributed by atoms with Crippen molar-refractivity contribution in [3.8, 4) is 11.5 Å². The van der Waals surface area contributed by atoms with E-state index in [1.165, 1.54) is 0 Å². The van der Waals surface area contributed by atoms with E-state index >= 15 is 0 Å². The summed E-state index contributed by atoms with van der Waals surface area (Å²) in [6.45, 7) is 1.97. The van der Waals surface area contributed by atoms with Gasteiger partial charge in [-0.2, -0.15) is 4.98 Å². The van der Waals surface area contributed by atoms with Crippen molar-refractivity contribution in [1.82, 2.24) is 10.1 Å². The minimum absolute atomic E-state index is 0.203. The first-order valence-corrected chi connectivity index (χ1v) is 6.33. The molecule has 2 N–H and O–H groups in total. The van der Waals surface area contributed by atoms with Crippen molar-refractivity contribution < 1.29 is 4.52 Å². The lowest BCUT2D eigenvalue weighted by atomic mass is 10.2. The summed E-state index contributed by atoms with van der Waals surface area (Å²) >= 11 is 9.34. The summed E-state index contributed by atoms with van der Waals surface area (Å²) in [7, 11) is 0. The number of halogens is 2. The third-order valence-corrected chi connectivity index (χ3v) is 3.30. The fourth-order valence-corrected chi connectivity index (χ4v) is 1.93. The number of hydrogen-bond acceptors (Lipinski definition) is 4. The highest BCUT2D eigenvalue weighted by atomic mass is 79.9. The standard InChI is InChI=1S/C11H11BrClN3O/c1-2-9(14)10-15-11(17-16-10)7-5-6(13)3-4-8(7)12/h3-5,9H,2,14H2,1H3. The summed E-state index contributed by atoms with van der Waals surface area (Å²) in [5.74, 6) is 0.924. The van der Waals surface area contributed by atoms with Gasteiger partial charge in [-0.15, -0.1) is 0 Å². The molecule has 0 saturated carbocycles. The fraction of sp³-hybridized carbons (Fsp3) is 0.273. The maximum Gasteiger partial charge on any atom is 0.259 e. The second-order valence-electron chi connectivity index (χ2n) is 3.60. The van der Waals surface area contributed by atoms with Gasteiger partial charge in [0.25, 0.3) is 5.89 Å². The van der Waals surface area contributed by atoms with Gasteiger partial charge in [0.2, 0.25) is 0 Å². The van der Waals surface area contributed by atoms with E-state index in [-0.39, 0.29) is 6.04 Å². The number of rotatable bonds is 3. The Bertz CT molecular complexity index is 529. The molecule has 2 rings (SSSR count). The van der Waals surface area contributed by atoms with Gasteiger partial charge in [0, 0.05) is 9.50 Å². The van der Waals surface area contributed by atoms with Gasteiger partial charge < -0.3 is 10.3 Å². The number of hydrogen-bond donors (Lipinski definition) is 1. The average molecular weight is 317 g/mol. The smallest absolute Gasteiger partial charge is 0.259 e. The molecule has 1 aromatic heterocycles. The van der Waals surface area contributed by atoms with E-state index in [1.54, 1.807) is 12.1 Å². The topological polar surface area (TPSA) is 64.9 Å². The fourth-order valence-electron chi connectivity index (χ4n) is 1.34. The molecule has 0 amide bonds.